The number of aryl methyl sites for hydroxylation is 1. The Kier molecular flexibility index (Phi) is 5.18. The fourth-order valence-electron chi connectivity index (χ4n) is 3.28. The van der Waals surface area contributed by atoms with Crippen molar-refractivity contribution in [3.05, 3.63) is 38.5 Å². The lowest BCUT2D eigenvalue weighted by Gasteiger charge is -2.31. The van der Waals surface area contributed by atoms with Gasteiger partial charge in [0, 0.05) is 55.4 Å². The maximum absolute atomic E-state index is 12.4. The van der Waals surface area contributed by atoms with Gasteiger partial charge in [-0.1, -0.05) is 11.3 Å². The number of rotatable bonds is 5. The van der Waals surface area contributed by atoms with Gasteiger partial charge in [-0.25, -0.2) is 4.98 Å². The number of thiazole rings is 1. The van der Waals surface area contributed by atoms with Crippen molar-refractivity contribution in [3.63, 3.8) is 0 Å². The normalized spacial score (nSPS) is 15.8. The second kappa shape index (κ2) is 7.34. The maximum atomic E-state index is 12.4. The molecule has 1 aliphatic heterocycles. The molecule has 130 valence electrons. The Labute approximate surface area is 145 Å². The molecule has 2 aromatic heterocycles. The number of imidazole rings is 1. The largest absolute Gasteiger partial charge is 0.349 e. The summed E-state index contributed by atoms with van der Waals surface area (Å²) in [5.41, 5.74) is 0.981. The molecular formula is C17H24N4O2S. The molecule has 0 unspecified atom stereocenters. The van der Waals surface area contributed by atoms with Crippen LogP contribution < -0.4 is 4.87 Å². The number of piperidine rings is 1. The minimum atomic E-state index is 0.0370. The van der Waals surface area contributed by atoms with Crippen molar-refractivity contribution < 1.29 is 4.79 Å². The van der Waals surface area contributed by atoms with Gasteiger partial charge in [0.15, 0.2) is 0 Å². The number of H-pyrrole nitrogens is 1. The van der Waals surface area contributed by atoms with Crippen LogP contribution in [0.4, 0.5) is 0 Å². The van der Waals surface area contributed by atoms with Gasteiger partial charge in [0.05, 0.1) is 0 Å². The smallest absolute Gasteiger partial charge is 0.307 e. The number of hydrogen-bond acceptors (Lipinski definition) is 4. The molecule has 24 heavy (non-hydrogen) atoms. The van der Waals surface area contributed by atoms with E-state index in [0.29, 0.717) is 18.9 Å². The van der Waals surface area contributed by atoms with E-state index in [1.807, 2.05) is 24.9 Å². The molecule has 1 fully saturated rings. The van der Waals surface area contributed by atoms with Crippen LogP contribution in [0, 0.1) is 19.8 Å². The van der Waals surface area contributed by atoms with Crippen LogP contribution in [0.2, 0.25) is 0 Å². The first-order valence-corrected chi connectivity index (χ1v) is 9.29. The highest BCUT2D eigenvalue weighted by Crippen LogP contribution is 2.21. The molecule has 0 atom stereocenters. The summed E-state index contributed by atoms with van der Waals surface area (Å²) in [6.45, 7) is 5.99. The van der Waals surface area contributed by atoms with Crippen molar-refractivity contribution >= 4 is 17.2 Å². The van der Waals surface area contributed by atoms with Crippen molar-refractivity contribution in [3.8, 4) is 0 Å². The zero-order valence-electron chi connectivity index (χ0n) is 14.2. The first-order valence-electron chi connectivity index (χ1n) is 8.47. The number of carbonyl (C=O) groups is 1. The number of nitrogens with one attached hydrogen (secondary N) is 1. The van der Waals surface area contributed by atoms with Gasteiger partial charge < -0.3 is 14.5 Å². The lowest BCUT2D eigenvalue weighted by molar-refractivity contribution is -0.132. The average molecular weight is 348 g/mol. The summed E-state index contributed by atoms with van der Waals surface area (Å²) in [5, 5.41) is 0. The Balaban J connectivity index is 1.47. The number of nitrogens with zero attached hydrogens (tertiary/aromatic N) is 3. The van der Waals surface area contributed by atoms with Gasteiger partial charge >= 0.3 is 4.87 Å². The van der Waals surface area contributed by atoms with Crippen molar-refractivity contribution in [2.24, 2.45) is 5.92 Å². The molecule has 0 aromatic carbocycles. The number of aromatic amines is 1. The predicted molar refractivity (Wildman–Crippen MR) is 94.3 cm³/mol. The van der Waals surface area contributed by atoms with Gasteiger partial charge in [0.25, 0.3) is 0 Å². The Bertz CT molecular complexity index is 739. The zero-order chi connectivity index (χ0) is 17.1. The Hall–Kier alpha value is -1.89. The summed E-state index contributed by atoms with van der Waals surface area (Å²) in [6.07, 6.45) is 7.03. The second-order valence-electron chi connectivity index (χ2n) is 6.48. The van der Waals surface area contributed by atoms with Crippen LogP contribution in [0.25, 0.3) is 0 Å². The minimum absolute atomic E-state index is 0.0370. The average Bonchev–Trinajstić information content (AvgIpc) is 3.15. The van der Waals surface area contributed by atoms with Gasteiger partial charge in [0.2, 0.25) is 5.91 Å². The van der Waals surface area contributed by atoms with Crippen LogP contribution in [0.15, 0.2) is 17.2 Å². The molecule has 0 saturated carbocycles. The summed E-state index contributed by atoms with van der Waals surface area (Å²) >= 11 is 1.26. The molecule has 0 bridgehead atoms. The molecule has 0 aliphatic carbocycles. The third-order valence-electron chi connectivity index (χ3n) is 4.93. The Morgan fingerprint density at radius 1 is 1.38 bits per heavy atom. The number of aromatic nitrogens is 3. The van der Waals surface area contributed by atoms with Crippen molar-refractivity contribution in [2.75, 3.05) is 13.1 Å². The summed E-state index contributed by atoms with van der Waals surface area (Å²) in [7, 11) is 0. The van der Waals surface area contributed by atoms with E-state index < -0.39 is 0 Å². The van der Waals surface area contributed by atoms with E-state index in [9.17, 15) is 9.59 Å². The third kappa shape index (κ3) is 3.77. The molecule has 3 rings (SSSR count). The van der Waals surface area contributed by atoms with Gasteiger partial charge in [-0.2, -0.15) is 0 Å². The first kappa shape index (κ1) is 17.0. The Morgan fingerprint density at radius 2 is 2.12 bits per heavy atom. The molecule has 3 heterocycles. The van der Waals surface area contributed by atoms with E-state index in [4.69, 9.17) is 0 Å². The molecule has 2 aromatic rings. The molecule has 1 aliphatic rings. The van der Waals surface area contributed by atoms with E-state index in [-0.39, 0.29) is 10.8 Å². The van der Waals surface area contributed by atoms with E-state index in [1.54, 1.807) is 10.8 Å². The summed E-state index contributed by atoms with van der Waals surface area (Å²) in [4.78, 5) is 34.7. The third-order valence-corrected chi connectivity index (χ3v) is 5.93. The summed E-state index contributed by atoms with van der Waals surface area (Å²) in [5.74, 6) is 1.77. The molecule has 1 N–H and O–H groups in total. The monoisotopic (exact) mass is 348 g/mol. The van der Waals surface area contributed by atoms with Crippen LogP contribution >= 0.6 is 11.3 Å². The lowest BCUT2D eigenvalue weighted by atomic mass is 9.93. The minimum Gasteiger partial charge on any atom is -0.349 e. The second-order valence-corrected chi connectivity index (χ2v) is 7.64. The van der Waals surface area contributed by atoms with E-state index in [2.05, 4.69) is 9.97 Å². The van der Waals surface area contributed by atoms with Crippen LogP contribution in [-0.4, -0.2) is 38.4 Å². The highest BCUT2D eigenvalue weighted by Gasteiger charge is 2.23. The molecule has 0 spiro atoms. The van der Waals surface area contributed by atoms with Crippen LogP contribution in [-0.2, 0) is 17.8 Å². The van der Waals surface area contributed by atoms with Gasteiger partial charge in [-0.05, 0) is 32.6 Å². The maximum Gasteiger partial charge on any atom is 0.307 e. The molecule has 1 amide bonds. The SMILES string of the molecule is Cc1sc(=O)n(CCC(=O)N2CCC(Cc3ncc[nH]3)CC2)c1C. The molecular weight excluding hydrogens is 324 g/mol. The van der Waals surface area contributed by atoms with E-state index >= 15 is 0 Å². The molecule has 7 heteroatoms. The molecule has 6 nitrogen and oxygen atoms in total. The topological polar surface area (TPSA) is 71.0 Å². The van der Waals surface area contributed by atoms with Crippen molar-refractivity contribution in [1.29, 1.82) is 0 Å². The predicted octanol–water partition coefficient (Wildman–Crippen LogP) is 2.12. The van der Waals surface area contributed by atoms with E-state index in [0.717, 1.165) is 48.7 Å². The number of likely N-dealkylation sites (tertiary alicyclic amines) is 1. The Morgan fingerprint density at radius 3 is 2.71 bits per heavy atom. The fraction of sp³-hybridized carbons (Fsp3) is 0.588. The molecule has 0 radical (unpaired) electrons. The van der Waals surface area contributed by atoms with Crippen molar-refractivity contribution in [1.82, 2.24) is 19.4 Å². The van der Waals surface area contributed by atoms with Crippen LogP contribution in [0.3, 0.4) is 0 Å². The van der Waals surface area contributed by atoms with Gasteiger partial charge in [-0.3, -0.25) is 9.59 Å². The zero-order valence-corrected chi connectivity index (χ0v) is 15.1. The quantitative estimate of drug-likeness (QED) is 0.900. The fourth-order valence-corrected chi connectivity index (χ4v) is 4.14. The van der Waals surface area contributed by atoms with E-state index in [1.165, 1.54) is 11.3 Å². The highest BCUT2D eigenvalue weighted by atomic mass is 32.1. The van der Waals surface area contributed by atoms with Crippen LogP contribution in [0.5, 0.6) is 0 Å². The van der Waals surface area contributed by atoms with Gasteiger partial charge in [-0.15, -0.1) is 0 Å². The first-order chi connectivity index (χ1) is 11.5. The van der Waals surface area contributed by atoms with Gasteiger partial charge in [0.1, 0.15) is 5.82 Å². The standard InChI is InChI=1S/C17H24N4O2S/c1-12-13(2)24-17(23)21(12)10-5-16(22)20-8-3-14(4-9-20)11-15-18-6-7-19-15/h6-7,14H,3-5,8-11H2,1-2H3,(H,18,19). The van der Waals surface area contributed by atoms with Crippen molar-refractivity contribution in [2.45, 2.75) is 46.1 Å². The van der Waals surface area contributed by atoms with Crippen LogP contribution in [0.1, 0.15) is 35.7 Å². The summed E-state index contributed by atoms with van der Waals surface area (Å²) in [6, 6.07) is 0. The number of amides is 1. The molecule has 1 saturated heterocycles. The number of carbonyl (C=O) groups excluding carboxylic acids is 1. The summed E-state index contributed by atoms with van der Waals surface area (Å²) < 4.78 is 1.72. The highest BCUT2D eigenvalue weighted by molar-refractivity contribution is 7.09. The number of hydrogen-bond donors (Lipinski definition) is 1. The lowest BCUT2D eigenvalue weighted by Crippen LogP contribution is -2.39.